The van der Waals surface area contributed by atoms with E-state index in [4.69, 9.17) is 9.84 Å². The van der Waals surface area contributed by atoms with Crippen molar-refractivity contribution in [2.75, 3.05) is 18.5 Å². The zero-order valence-corrected chi connectivity index (χ0v) is 13.8. The second kappa shape index (κ2) is 10.3. The summed E-state index contributed by atoms with van der Waals surface area (Å²) in [5, 5.41) is 12.0. The van der Waals surface area contributed by atoms with Crippen LogP contribution in [0.5, 0.6) is 5.75 Å². The van der Waals surface area contributed by atoms with Crippen molar-refractivity contribution in [1.82, 2.24) is 4.98 Å². The molecule has 0 saturated carbocycles. The fourth-order valence-electron chi connectivity index (χ4n) is 2.32. The molecular formula is C19H24N2O3. The topological polar surface area (TPSA) is 71.5 Å². The molecule has 0 bridgehead atoms. The molecule has 128 valence electrons. The molecule has 0 radical (unpaired) electrons. The van der Waals surface area contributed by atoms with Crippen molar-refractivity contribution in [3.05, 3.63) is 54.2 Å². The van der Waals surface area contributed by atoms with Gasteiger partial charge in [0.05, 0.1) is 6.61 Å². The van der Waals surface area contributed by atoms with E-state index in [1.165, 1.54) is 0 Å². The third kappa shape index (κ3) is 7.13. The molecule has 0 fully saturated rings. The number of anilines is 1. The Morgan fingerprint density at radius 1 is 1.12 bits per heavy atom. The van der Waals surface area contributed by atoms with E-state index in [1.807, 2.05) is 42.5 Å². The van der Waals surface area contributed by atoms with Crippen LogP contribution in [0.25, 0.3) is 0 Å². The van der Waals surface area contributed by atoms with E-state index in [-0.39, 0.29) is 6.42 Å². The van der Waals surface area contributed by atoms with E-state index in [9.17, 15) is 4.79 Å². The van der Waals surface area contributed by atoms with Gasteiger partial charge in [0.2, 0.25) is 0 Å². The maximum atomic E-state index is 10.6. The molecule has 0 unspecified atom stereocenters. The second-order valence-corrected chi connectivity index (χ2v) is 5.59. The number of aromatic nitrogens is 1. The van der Waals surface area contributed by atoms with Crippen LogP contribution in [0.1, 0.15) is 31.2 Å². The first-order valence-electron chi connectivity index (χ1n) is 8.32. The summed E-state index contributed by atoms with van der Waals surface area (Å²) in [4.78, 5) is 14.8. The fraction of sp³-hybridized carbons (Fsp3) is 0.368. The number of carboxylic acid groups (broad SMARTS) is 1. The summed E-state index contributed by atoms with van der Waals surface area (Å²) in [5.74, 6) is 0.942. The van der Waals surface area contributed by atoms with Gasteiger partial charge in [-0.1, -0.05) is 18.2 Å². The molecule has 2 N–H and O–H groups in total. The van der Waals surface area contributed by atoms with Crippen LogP contribution in [0.4, 0.5) is 5.82 Å². The van der Waals surface area contributed by atoms with Gasteiger partial charge < -0.3 is 15.2 Å². The lowest BCUT2D eigenvalue weighted by Gasteiger charge is -2.08. The minimum atomic E-state index is -0.777. The molecule has 2 aromatic rings. The highest BCUT2D eigenvalue weighted by Crippen LogP contribution is 2.15. The Bertz CT molecular complexity index is 617. The van der Waals surface area contributed by atoms with Crippen LogP contribution >= 0.6 is 0 Å². The number of nitrogens with one attached hydrogen (secondary N) is 1. The summed E-state index contributed by atoms with van der Waals surface area (Å²) in [6.45, 7) is 1.58. The minimum Gasteiger partial charge on any atom is -0.494 e. The number of hydrogen-bond donors (Lipinski definition) is 2. The summed E-state index contributed by atoms with van der Waals surface area (Å²) < 4.78 is 5.74. The second-order valence-electron chi connectivity index (χ2n) is 5.59. The largest absolute Gasteiger partial charge is 0.494 e. The number of ether oxygens (including phenoxy) is 1. The molecule has 5 heteroatoms. The van der Waals surface area contributed by atoms with Gasteiger partial charge in [-0.05, 0) is 55.5 Å². The lowest BCUT2D eigenvalue weighted by Crippen LogP contribution is -2.04. The molecule has 0 aliphatic rings. The number of unbranched alkanes of at least 4 members (excludes halogenated alkanes) is 2. The number of benzene rings is 1. The first-order chi connectivity index (χ1) is 11.7. The third-order valence-corrected chi connectivity index (χ3v) is 3.59. The summed E-state index contributed by atoms with van der Waals surface area (Å²) >= 11 is 0. The quantitative estimate of drug-likeness (QED) is 0.615. The van der Waals surface area contributed by atoms with Crippen molar-refractivity contribution in [3.8, 4) is 5.75 Å². The highest BCUT2D eigenvalue weighted by Gasteiger charge is 2.01. The van der Waals surface area contributed by atoms with E-state index in [0.717, 1.165) is 42.9 Å². The van der Waals surface area contributed by atoms with Crippen LogP contribution in [0.3, 0.4) is 0 Å². The van der Waals surface area contributed by atoms with Crippen molar-refractivity contribution in [1.29, 1.82) is 0 Å². The number of hydrogen-bond acceptors (Lipinski definition) is 4. The van der Waals surface area contributed by atoms with Crippen molar-refractivity contribution >= 4 is 11.8 Å². The van der Waals surface area contributed by atoms with Crippen LogP contribution in [0, 0.1) is 0 Å². The zero-order valence-electron chi connectivity index (χ0n) is 13.8. The standard InChI is InChI=1S/C19H24N2O3/c22-19(23)11-10-16-7-6-8-17(15-16)24-14-5-1-3-12-20-18-9-2-4-13-21-18/h2,4,6-9,13,15H,1,3,5,10-12,14H2,(H,20,21)(H,22,23). The number of pyridine rings is 1. The van der Waals surface area contributed by atoms with E-state index < -0.39 is 5.97 Å². The molecular weight excluding hydrogens is 304 g/mol. The maximum absolute atomic E-state index is 10.6. The Hall–Kier alpha value is -2.56. The first-order valence-corrected chi connectivity index (χ1v) is 8.32. The van der Waals surface area contributed by atoms with Gasteiger partial charge in [-0.15, -0.1) is 0 Å². The van der Waals surface area contributed by atoms with Crippen molar-refractivity contribution in [2.45, 2.75) is 32.1 Å². The van der Waals surface area contributed by atoms with E-state index >= 15 is 0 Å². The number of carbonyl (C=O) groups is 1. The van der Waals surface area contributed by atoms with Crippen molar-refractivity contribution in [2.24, 2.45) is 0 Å². The van der Waals surface area contributed by atoms with Gasteiger partial charge in [0.15, 0.2) is 0 Å². The average molecular weight is 328 g/mol. The van der Waals surface area contributed by atoms with Gasteiger partial charge in [-0.25, -0.2) is 4.98 Å². The number of aliphatic carboxylic acids is 1. The fourth-order valence-corrected chi connectivity index (χ4v) is 2.32. The average Bonchev–Trinajstić information content (AvgIpc) is 2.60. The Labute approximate surface area is 142 Å². The minimum absolute atomic E-state index is 0.146. The molecule has 0 spiro atoms. The van der Waals surface area contributed by atoms with Crippen molar-refractivity contribution < 1.29 is 14.6 Å². The highest BCUT2D eigenvalue weighted by atomic mass is 16.5. The van der Waals surface area contributed by atoms with E-state index in [0.29, 0.717) is 13.0 Å². The number of nitrogens with zero attached hydrogens (tertiary/aromatic N) is 1. The molecule has 2 rings (SSSR count). The van der Waals surface area contributed by atoms with Crippen LogP contribution in [0.15, 0.2) is 48.7 Å². The Kier molecular flexibility index (Phi) is 7.60. The van der Waals surface area contributed by atoms with E-state index in [1.54, 1.807) is 6.20 Å². The number of aryl methyl sites for hydroxylation is 1. The van der Waals surface area contributed by atoms with Gasteiger partial charge >= 0.3 is 5.97 Å². The summed E-state index contributed by atoms with van der Waals surface area (Å²) in [6.07, 6.45) is 5.60. The van der Waals surface area contributed by atoms with Crippen LogP contribution in [0.2, 0.25) is 0 Å². The Morgan fingerprint density at radius 3 is 2.83 bits per heavy atom. The summed E-state index contributed by atoms with van der Waals surface area (Å²) in [5.41, 5.74) is 0.995. The molecule has 1 heterocycles. The number of carboxylic acids is 1. The third-order valence-electron chi connectivity index (χ3n) is 3.59. The van der Waals surface area contributed by atoms with Crippen LogP contribution in [-0.4, -0.2) is 29.2 Å². The van der Waals surface area contributed by atoms with Gasteiger partial charge in [0, 0.05) is 19.2 Å². The lowest BCUT2D eigenvalue weighted by atomic mass is 10.1. The molecule has 0 aliphatic carbocycles. The van der Waals surface area contributed by atoms with E-state index in [2.05, 4.69) is 10.3 Å². The molecule has 24 heavy (non-hydrogen) atoms. The van der Waals surface area contributed by atoms with Gasteiger partial charge in [0.1, 0.15) is 11.6 Å². The lowest BCUT2D eigenvalue weighted by molar-refractivity contribution is -0.136. The predicted molar refractivity (Wildman–Crippen MR) is 94.5 cm³/mol. The monoisotopic (exact) mass is 328 g/mol. The highest BCUT2D eigenvalue weighted by molar-refractivity contribution is 5.67. The Morgan fingerprint density at radius 2 is 2.04 bits per heavy atom. The molecule has 0 saturated heterocycles. The van der Waals surface area contributed by atoms with Crippen LogP contribution in [-0.2, 0) is 11.2 Å². The van der Waals surface area contributed by atoms with Gasteiger partial charge in [-0.2, -0.15) is 0 Å². The zero-order chi connectivity index (χ0) is 17.0. The predicted octanol–water partition coefficient (Wildman–Crippen LogP) is 3.76. The molecule has 1 aromatic heterocycles. The molecule has 5 nitrogen and oxygen atoms in total. The summed E-state index contributed by atoms with van der Waals surface area (Å²) in [6, 6.07) is 13.5. The van der Waals surface area contributed by atoms with Crippen molar-refractivity contribution in [3.63, 3.8) is 0 Å². The molecule has 1 aromatic carbocycles. The summed E-state index contributed by atoms with van der Waals surface area (Å²) in [7, 11) is 0. The van der Waals surface area contributed by atoms with Gasteiger partial charge in [0.25, 0.3) is 0 Å². The molecule has 0 atom stereocenters. The first kappa shape index (κ1) is 17.8. The van der Waals surface area contributed by atoms with Gasteiger partial charge in [-0.3, -0.25) is 4.79 Å². The normalized spacial score (nSPS) is 10.3. The molecule has 0 amide bonds. The van der Waals surface area contributed by atoms with Crippen LogP contribution < -0.4 is 10.1 Å². The Balaban J connectivity index is 1.57. The maximum Gasteiger partial charge on any atom is 0.303 e. The number of rotatable bonds is 11. The molecule has 0 aliphatic heterocycles. The smallest absolute Gasteiger partial charge is 0.303 e. The SMILES string of the molecule is O=C(O)CCc1cccc(OCCCCCNc2ccccn2)c1.